The Kier molecular flexibility index (Phi) is 4.40. The summed E-state index contributed by atoms with van der Waals surface area (Å²) in [4.78, 5) is 2.47. The maximum atomic E-state index is 13.4. The van der Waals surface area contributed by atoms with Gasteiger partial charge in [-0.1, -0.05) is 18.2 Å². The van der Waals surface area contributed by atoms with E-state index in [1.165, 1.54) is 17.7 Å². The fourth-order valence-corrected chi connectivity index (χ4v) is 4.46. The third-order valence-corrected chi connectivity index (χ3v) is 6.34. The molecule has 2 aromatic carbocycles. The topological polar surface area (TPSA) is 66.0 Å². The highest BCUT2D eigenvalue weighted by Gasteiger charge is 2.58. The van der Waals surface area contributed by atoms with Crippen molar-refractivity contribution in [1.29, 1.82) is 5.26 Å². The Morgan fingerprint density at radius 2 is 1.93 bits per heavy atom. The largest absolute Gasteiger partial charge is 0.420 e. The number of hydrogen-bond donors (Lipinski definition) is 0. The maximum absolute atomic E-state index is 13.4. The number of piperidine rings is 1. The first-order valence-corrected chi connectivity index (χ1v) is 9.96. The minimum Gasteiger partial charge on any atom is -0.420 e. The number of likely N-dealkylation sites (tertiary alicyclic amines) is 1. The Morgan fingerprint density at radius 1 is 1.14 bits per heavy atom. The van der Waals surface area contributed by atoms with Crippen molar-refractivity contribution in [2.24, 2.45) is 5.41 Å². The second-order valence-corrected chi connectivity index (χ2v) is 8.16. The molecule has 0 bridgehead atoms. The smallest absolute Gasteiger partial charge is 0.247 e. The third-order valence-electron chi connectivity index (χ3n) is 6.34. The van der Waals surface area contributed by atoms with Crippen molar-refractivity contribution in [3.05, 3.63) is 71.4 Å². The molecule has 2 aliphatic rings. The van der Waals surface area contributed by atoms with Gasteiger partial charge < -0.3 is 4.42 Å². The number of nitriles is 1. The SMILES string of the molecule is N#Cc1ccc(CN2CCC3(CC2)C[C@@H]3c2nnc(-c3cccc(F)c3)o2)cc1. The van der Waals surface area contributed by atoms with Gasteiger partial charge in [-0.15, -0.1) is 10.2 Å². The van der Waals surface area contributed by atoms with Crippen molar-refractivity contribution in [2.45, 2.75) is 31.7 Å². The van der Waals surface area contributed by atoms with Gasteiger partial charge in [0.25, 0.3) is 0 Å². The monoisotopic (exact) mass is 388 g/mol. The van der Waals surface area contributed by atoms with Gasteiger partial charge in [-0.25, -0.2) is 4.39 Å². The lowest BCUT2D eigenvalue weighted by Gasteiger charge is -2.32. The first kappa shape index (κ1) is 18.0. The van der Waals surface area contributed by atoms with Gasteiger partial charge >= 0.3 is 0 Å². The van der Waals surface area contributed by atoms with Gasteiger partial charge in [-0.2, -0.15) is 5.26 Å². The van der Waals surface area contributed by atoms with Crippen molar-refractivity contribution in [1.82, 2.24) is 15.1 Å². The Bertz CT molecular complexity index is 1060. The van der Waals surface area contributed by atoms with E-state index in [4.69, 9.17) is 9.68 Å². The molecule has 29 heavy (non-hydrogen) atoms. The summed E-state index contributed by atoms with van der Waals surface area (Å²) in [6.45, 7) is 3.00. The summed E-state index contributed by atoms with van der Waals surface area (Å²) in [5.74, 6) is 1.08. The van der Waals surface area contributed by atoms with Crippen molar-refractivity contribution in [3.63, 3.8) is 0 Å². The molecule has 0 radical (unpaired) electrons. The molecule has 1 saturated heterocycles. The van der Waals surface area contributed by atoms with Gasteiger partial charge in [0.2, 0.25) is 11.8 Å². The van der Waals surface area contributed by atoms with Crippen molar-refractivity contribution in [2.75, 3.05) is 13.1 Å². The number of hydrogen-bond acceptors (Lipinski definition) is 5. The second-order valence-electron chi connectivity index (χ2n) is 8.16. The van der Waals surface area contributed by atoms with Crippen LogP contribution in [0.5, 0.6) is 0 Å². The van der Waals surface area contributed by atoms with E-state index in [9.17, 15) is 4.39 Å². The molecule has 5 nitrogen and oxygen atoms in total. The van der Waals surface area contributed by atoms with Crippen LogP contribution in [0.25, 0.3) is 11.5 Å². The molecule has 2 heterocycles. The predicted octanol–water partition coefficient (Wildman–Crippen LogP) is 4.52. The van der Waals surface area contributed by atoms with Gasteiger partial charge in [0.05, 0.1) is 11.6 Å². The summed E-state index contributed by atoms with van der Waals surface area (Å²) in [6, 6.07) is 16.2. The van der Waals surface area contributed by atoms with E-state index in [0.717, 1.165) is 38.9 Å². The van der Waals surface area contributed by atoms with Crippen LogP contribution in [0.3, 0.4) is 0 Å². The van der Waals surface area contributed by atoms with Crippen LogP contribution in [-0.2, 0) is 6.54 Å². The van der Waals surface area contributed by atoms with E-state index < -0.39 is 0 Å². The molecule has 0 unspecified atom stereocenters. The van der Waals surface area contributed by atoms with E-state index in [2.05, 4.69) is 21.2 Å². The summed E-state index contributed by atoms with van der Waals surface area (Å²) in [5.41, 5.74) is 2.83. The lowest BCUT2D eigenvalue weighted by atomic mass is 9.90. The maximum Gasteiger partial charge on any atom is 0.247 e. The van der Waals surface area contributed by atoms with Crippen LogP contribution in [0.15, 0.2) is 52.9 Å². The summed E-state index contributed by atoms with van der Waals surface area (Å²) in [6.07, 6.45) is 3.32. The first-order valence-electron chi connectivity index (χ1n) is 9.96. The Morgan fingerprint density at radius 3 is 2.66 bits per heavy atom. The molecule has 5 rings (SSSR count). The molecule has 1 atom stereocenters. The molecular weight excluding hydrogens is 367 g/mol. The average molecular weight is 388 g/mol. The standard InChI is InChI=1S/C23H21FN4O/c24-19-3-1-2-18(12-19)21-26-27-22(29-21)20-13-23(20)8-10-28(11-9-23)15-17-6-4-16(14-25)5-7-17/h1-7,12,20H,8-11,13,15H2/t20-/m1/s1. The number of benzene rings is 2. The second kappa shape index (κ2) is 7.09. The summed E-state index contributed by atoms with van der Waals surface area (Å²) < 4.78 is 19.3. The van der Waals surface area contributed by atoms with Gasteiger partial charge in [-0.05, 0) is 73.7 Å². The minimum atomic E-state index is -0.306. The van der Waals surface area contributed by atoms with Gasteiger partial charge in [0, 0.05) is 18.0 Å². The fraction of sp³-hybridized carbons (Fsp3) is 0.348. The Hall–Kier alpha value is -3.04. The molecule has 3 aromatic rings. The molecule has 0 amide bonds. The number of rotatable bonds is 4. The number of nitrogens with zero attached hydrogens (tertiary/aromatic N) is 4. The van der Waals surface area contributed by atoms with Gasteiger partial charge in [0.15, 0.2) is 0 Å². The molecule has 146 valence electrons. The summed E-state index contributed by atoms with van der Waals surface area (Å²) >= 11 is 0. The van der Waals surface area contributed by atoms with Crippen LogP contribution in [0.1, 0.15) is 42.2 Å². The Balaban J connectivity index is 1.20. The average Bonchev–Trinajstić information content (AvgIpc) is 3.21. The summed E-state index contributed by atoms with van der Waals surface area (Å²) in [7, 11) is 0. The van der Waals surface area contributed by atoms with Crippen LogP contribution in [0, 0.1) is 22.6 Å². The van der Waals surface area contributed by atoms with Crippen molar-refractivity contribution < 1.29 is 8.81 Å². The lowest BCUT2D eigenvalue weighted by molar-refractivity contribution is 0.160. The fourth-order valence-electron chi connectivity index (χ4n) is 4.46. The van der Waals surface area contributed by atoms with Gasteiger partial charge in [0.1, 0.15) is 5.82 Å². The number of halogens is 1. The normalized spacial score (nSPS) is 20.5. The quantitative estimate of drug-likeness (QED) is 0.658. The third kappa shape index (κ3) is 3.54. The highest BCUT2D eigenvalue weighted by molar-refractivity contribution is 5.52. The van der Waals surface area contributed by atoms with Crippen LogP contribution >= 0.6 is 0 Å². The molecular formula is C23H21FN4O. The van der Waals surface area contributed by atoms with E-state index in [0.29, 0.717) is 28.8 Å². The van der Waals surface area contributed by atoms with E-state index >= 15 is 0 Å². The molecule has 1 aromatic heterocycles. The molecule has 1 spiro atoms. The highest BCUT2D eigenvalue weighted by atomic mass is 19.1. The van der Waals surface area contributed by atoms with Crippen LogP contribution in [0.2, 0.25) is 0 Å². The van der Waals surface area contributed by atoms with Crippen LogP contribution in [-0.4, -0.2) is 28.2 Å². The molecule has 2 fully saturated rings. The predicted molar refractivity (Wildman–Crippen MR) is 105 cm³/mol. The molecule has 1 aliphatic heterocycles. The van der Waals surface area contributed by atoms with E-state index in [1.54, 1.807) is 12.1 Å². The minimum absolute atomic E-state index is 0.271. The number of aromatic nitrogens is 2. The Labute approximate surface area is 168 Å². The van der Waals surface area contributed by atoms with E-state index in [-0.39, 0.29) is 11.2 Å². The van der Waals surface area contributed by atoms with Crippen LogP contribution in [0.4, 0.5) is 4.39 Å². The zero-order valence-electron chi connectivity index (χ0n) is 16.0. The van der Waals surface area contributed by atoms with Crippen molar-refractivity contribution in [3.8, 4) is 17.5 Å². The zero-order chi connectivity index (χ0) is 19.8. The molecule has 1 saturated carbocycles. The van der Waals surface area contributed by atoms with Gasteiger partial charge in [-0.3, -0.25) is 4.90 Å². The summed E-state index contributed by atoms with van der Waals surface area (Å²) in [5, 5.41) is 17.3. The first-order chi connectivity index (χ1) is 14.1. The molecule has 6 heteroatoms. The molecule has 1 aliphatic carbocycles. The van der Waals surface area contributed by atoms with Crippen LogP contribution < -0.4 is 0 Å². The van der Waals surface area contributed by atoms with Crippen molar-refractivity contribution >= 4 is 0 Å². The highest BCUT2D eigenvalue weighted by Crippen LogP contribution is 2.64. The zero-order valence-corrected chi connectivity index (χ0v) is 16.0. The lowest BCUT2D eigenvalue weighted by Crippen LogP contribution is -2.34. The molecule has 0 N–H and O–H groups in total. The van der Waals surface area contributed by atoms with E-state index in [1.807, 2.05) is 24.3 Å².